The predicted molar refractivity (Wildman–Crippen MR) is 53.4 cm³/mol. The van der Waals surface area contributed by atoms with Gasteiger partial charge in [-0.15, -0.1) is 0 Å². The summed E-state index contributed by atoms with van der Waals surface area (Å²) < 4.78 is 29.9. The van der Waals surface area contributed by atoms with Gasteiger partial charge < -0.3 is 4.74 Å². The van der Waals surface area contributed by atoms with E-state index in [9.17, 15) is 8.78 Å². The average Bonchev–Trinajstić information content (AvgIpc) is 2.13. The van der Waals surface area contributed by atoms with Gasteiger partial charge in [0.1, 0.15) is 13.5 Å². The lowest BCUT2D eigenvalue weighted by molar-refractivity contribution is 0.269. The third-order valence-corrected chi connectivity index (χ3v) is 8.30. The van der Waals surface area contributed by atoms with Crippen LogP contribution in [0.15, 0.2) is 11.5 Å². The van der Waals surface area contributed by atoms with Crippen LogP contribution in [0.25, 0.3) is 0 Å². The second kappa shape index (κ2) is 5.37. The molecule has 0 fully saturated rings. The van der Waals surface area contributed by atoms with E-state index in [0.717, 1.165) is 18.1 Å². The average molecular weight is 208 g/mol. The molecule has 0 aliphatic rings. The summed E-state index contributed by atoms with van der Waals surface area (Å²) in [6.07, 6.45) is -1.63. The van der Waals surface area contributed by atoms with Crippen molar-refractivity contribution >= 4 is 8.07 Å². The van der Waals surface area contributed by atoms with Crippen molar-refractivity contribution in [2.75, 3.05) is 7.11 Å². The molecule has 0 rings (SSSR count). The number of methoxy groups -OCH3 is 1. The summed E-state index contributed by atoms with van der Waals surface area (Å²) in [5, 5.41) is 0.000000000000000222. The van der Waals surface area contributed by atoms with E-state index in [1.807, 2.05) is 20.8 Å². The molecule has 0 aromatic carbocycles. The molecule has 78 valence electrons. The summed E-state index contributed by atoms with van der Waals surface area (Å²) in [5.74, 6) is 0. The van der Waals surface area contributed by atoms with Gasteiger partial charge in [-0.05, 0) is 0 Å². The summed E-state index contributed by atoms with van der Waals surface area (Å²) in [5.41, 5.74) is 0. The molecule has 0 spiro atoms. The molecule has 0 amide bonds. The van der Waals surface area contributed by atoms with Gasteiger partial charge in [-0.25, -0.2) is 0 Å². The smallest absolute Gasteiger partial charge is 0.302 e. The first-order chi connectivity index (χ1) is 6.07. The van der Waals surface area contributed by atoms with Crippen LogP contribution in [0, 0.1) is 0 Å². The van der Waals surface area contributed by atoms with Crippen molar-refractivity contribution in [3.05, 3.63) is 11.5 Å². The second-order valence-electron chi connectivity index (χ2n) is 3.13. The van der Waals surface area contributed by atoms with Crippen LogP contribution in [0.1, 0.15) is 20.8 Å². The van der Waals surface area contributed by atoms with E-state index in [1.165, 1.54) is 7.11 Å². The molecule has 0 saturated carbocycles. The minimum atomic E-state index is -2.00. The number of halogens is 2. The van der Waals surface area contributed by atoms with E-state index in [1.54, 1.807) is 0 Å². The highest BCUT2D eigenvalue weighted by Gasteiger charge is 2.36. The topological polar surface area (TPSA) is 9.23 Å². The van der Waals surface area contributed by atoms with E-state index in [2.05, 4.69) is 0 Å². The lowest BCUT2D eigenvalue weighted by Gasteiger charge is -2.28. The highest BCUT2D eigenvalue weighted by molar-refractivity contribution is 6.85. The summed E-state index contributed by atoms with van der Waals surface area (Å²) in [6, 6.07) is 2.46. The Morgan fingerprint density at radius 2 is 1.46 bits per heavy atom. The fourth-order valence-corrected chi connectivity index (χ4v) is 5.02. The Morgan fingerprint density at radius 1 is 1.08 bits per heavy atom. The first kappa shape index (κ1) is 12.6. The number of hydrogen-bond acceptors (Lipinski definition) is 1. The minimum Gasteiger partial charge on any atom is -0.501 e. The van der Waals surface area contributed by atoms with E-state index >= 15 is 0 Å². The van der Waals surface area contributed by atoms with Crippen molar-refractivity contribution in [3.63, 3.8) is 0 Å². The molecule has 4 heteroatoms. The van der Waals surface area contributed by atoms with Gasteiger partial charge in [0.2, 0.25) is 0 Å². The molecule has 0 aromatic rings. The van der Waals surface area contributed by atoms with Crippen LogP contribution in [0.4, 0.5) is 8.78 Å². The van der Waals surface area contributed by atoms with Crippen LogP contribution in [0.2, 0.25) is 18.1 Å². The Hall–Kier alpha value is -0.383. The Bertz CT molecular complexity index is 176. The molecule has 0 N–H and O–H groups in total. The van der Waals surface area contributed by atoms with Crippen molar-refractivity contribution in [2.24, 2.45) is 0 Å². The van der Waals surface area contributed by atoms with E-state index in [4.69, 9.17) is 4.74 Å². The largest absolute Gasteiger partial charge is 0.501 e. The molecule has 0 unspecified atom stereocenters. The van der Waals surface area contributed by atoms with Gasteiger partial charge in [0, 0.05) is 0 Å². The maximum atomic E-state index is 12.5. The normalized spacial score (nSPS) is 11.2. The van der Waals surface area contributed by atoms with Gasteiger partial charge in [-0.1, -0.05) is 38.9 Å². The van der Waals surface area contributed by atoms with Gasteiger partial charge in [0.15, 0.2) is 0 Å². The van der Waals surface area contributed by atoms with Crippen LogP contribution in [0.5, 0.6) is 0 Å². The van der Waals surface area contributed by atoms with Gasteiger partial charge >= 0.3 is 6.08 Å². The zero-order valence-corrected chi connectivity index (χ0v) is 9.79. The molecule has 0 aliphatic carbocycles. The second-order valence-corrected chi connectivity index (χ2v) is 8.27. The Morgan fingerprint density at radius 3 is 1.54 bits per heavy atom. The molecular formula is C9H18F2OSi. The maximum absolute atomic E-state index is 12.5. The molecule has 1 nitrogen and oxygen atoms in total. The molecule has 0 bridgehead atoms. The summed E-state index contributed by atoms with van der Waals surface area (Å²) in [7, 11) is -0.658. The summed E-state index contributed by atoms with van der Waals surface area (Å²) in [4.78, 5) is 0. The summed E-state index contributed by atoms with van der Waals surface area (Å²) in [6.45, 7) is 5.92. The van der Waals surface area contributed by atoms with Crippen LogP contribution in [0.3, 0.4) is 0 Å². The van der Waals surface area contributed by atoms with Gasteiger partial charge in [-0.2, -0.15) is 8.78 Å². The maximum Gasteiger partial charge on any atom is 0.302 e. The van der Waals surface area contributed by atoms with Crippen molar-refractivity contribution in [2.45, 2.75) is 38.9 Å². The lowest BCUT2D eigenvalue weighted by atomic mass is 10.9. The zero-order valence-electron chi connectivity index (χ0n) is 8.79. The molecule has 0 saturated heterocycles. The Balaban J connectivity index is 5.01. The first-order valence-corrected chi connectivity index (χ1v) is 7.29. The SMILES string of the molecule is CC[Si](CC)(CC)C(OC)=C(F)F. The molecule has 13 heavy (non-hydrogen) atoms. The molecule has 0 aromatic heterocycles. The van der Waals surface area contributed by atoms with E-state index in [0.29, 0.717) is 0 Å². The zero-order chi connectivity index (χ0) is 10.5. The third kappa shape index (κ3) is 2.53. The summed E-state index contributed by atoms with van der Waals surface area (Å²) >= 11 is 0. The molecular weight excluding hydrogens is 190 g/mol. The van der Waals surface area contributed by atoms with Crippen LogP contribution in [-0.2, 0) is 4.74 Å². The number of hydrogen-bond donors (Lipinski definition) is 0. The monoisotopic (exact) mass is 208 g/mol. The fraction of sp³-hybridized carbons (Fsp3) is 0.778. The Labute approximate surface area is 79.8 Å². The highest BCUT2D eigenvalue weighted by atomic mass is 28.3. The lowest BCUT2D eigenvalue weighted by Crippen LogP contribution is -2.36. The molecule has 0 atom stereocenters. The van der Waals surface area contributed by atoms with Crippen molar-refractivity contribution < 1.29 is 13.5 Å². The van der Waals surface area contributed by atoms with Crippen LogP contribution >= 0.6 is 0 Å². The van der Waals surface area contributed by atoms with Crippen molar-refractivity contribution in [1.82, 2.24) is 0 Å². The van der Waals surface area contributed by atoms with Crippen molar-refractivity contribution in [1.29, 1.82) is 0 Å². The molecule has 0 heterocycles. The number of rotatable bonds is 5. The van der Waals surface area contributed by atoms with E-state index < -0.39 is 14.2 Å². The molecule has 0 aliphatic heterocycles. The fourth-order valence-electron chi connectivity index (χ4n) is 1.73. The predicted octanol–water partition coefficient (Wildman–Crippen LogP) is 3.79. The quantitative estimate of drug-likeness (QED) is 0.493. The van der Waals surface area contributed by atoms with Crippen molar-refractivity contribution in [3.8, 4) is 0 Å². The van der Waals surface area contributed by atoms with Gasteiger partial charge in [-0.3, -0.25) is 0 Å². The van der Waals surface area contributed by atoms with E-state index in [-0.39, 0.29) is 5.38 Å². The standard InChI is InChI=1S/C9H18F2OSi/c1-5-13(6-2,7-3)9(12-4)8(10)11/h5-7H2,1-4H3. The third-order valence-electron chi connectivity index (χ3n) is 2.89. The van der Waals surface area contributed by atoms with Crippen LogP contribution in [-0.4, -0.2) is 15.2 Å². The van der Waals surface area contributed by atoms with Gasteiger partial charge in [0.25, 0.3) is 0 Å². The minimum absolute atomic E-state index is 0.000000000000000222. The van der Waals surface area contributed by atoms with Gasteiger partial charge in [0.05, 0.1) is 7.11 Å². The highest BCUT2D eigenvalue weighted by Crippen LogP contribution is 2.31. The number of ether oxygens (including phenoxy) is 1. The first-order valence-electron chi connectivity index (χ1n) is 4.67. The Kier molecular flexibility index (Phi) is 5.21. The molecule has 0 radical (unpaired) electrons. The van der Waals surface area contributed by atoms with Crippen LogP contribution < -0.4 is 0 Å².